The van der Waals surface area contributed by atoms with Gasteiger partial charge in [-0.3, -0.25) is 4.79 Å². The summed E-state index contributed by atoms with van der Waals surface area (Å²) < 4.78 is 5.17. The lowest BCUT2D eigenvalue weighted by atomic mass is 10.2. The summed E-state index contributed by atoms with van der Waals surface area (Å²) in [6.45, 7) is 0.916. The molecule has 0 bridgehead atoms. The number of carbonyl (C=O) groups is 1. The van der Waals surface area contributed by atoms with Gasteiger partial charge in [-0.25, -0.2) is 4.98 Å². The van der Waals surface area contributed by atoms with Crippen molar-refractivity contribution in [3.63, 3.8) is 0 Å². The first-order valence-electron chi connectivity index (χ1n) is 8.34. The Morgan fingerprint density at radius 2 is 2.04 bits per heavy atom. The summed E-state index contributed by atoms with van der Waals surface area (Å²) in [6.07, 6.45) is 2.66. The summed E-state index contributed by atoms with van der Waals surface area (Å²) in [6, 6.07) is 13.3. The van der Waals surface area contributed by atoms with Crippen LogP contribution >= 0.6 is 0 Å². The van der Waals surface area contributed by atoms with Crippen molar-refractivity contribution in [3.05, 3.63) is 54.2 Å². The molecule has 0 spiro atoms. The first-order valence-corrected chi connectivity index (χ1v) is 8.34. The minimum Gasteiger partial charge on any atom is -0.481 e. The molecule has 2 aromatic heterocycles. The second-order valence-corrected chi connectivity index (χ2v) is 5.63. The zero-order chi connectivity index (χ0) is 18.2. The van der Waals surface area contributed by atoms with E-state index in [-0.39, 0.29) is 5.91 Å². The van der Waals surface area contributed by atoms with Crippen LogP contribution in [0.5, 0.6) is 5.88 Å². The number of nitrogens with one attached hydrogen (secondary N) is 1. The SMILES string of the molecule is COc1ncccc1CNC(=O)CCCn1nnc(-c2ccccc2)n1. The molecule has 0 unspecified atom stereocenters. The minimum absolute atomic E-state index is 0.0423. The van der Waals surface area contributed by atoms with Crippen LogP contribution in [0.15, 0.2) is 48.7 Å². The van der Waals surface area contributed by atoms with E-state index >= 15 is 0 Å². The predicted octanol–water partition coefficient (Wildman–Crippen LogP) is 1.84. The van der Waals surface area contributed by atoms with Crippen LogP contribution < -0.4 is 10.1 Å². The van der Waals surface area contributed by atoms with Crippen LogP contribution in [-0.4, -0.2) is 38.2 Å². The number of benzene rings is 1. The average Bonchev–Trinajstić information content (AvgIpc) is 3.16. The highest BCUT2D eigenvalue weighted by molar-refractivity contribution is 5.75. The van der Waals surface area contributed by atoms with Crippen LogP contribution in [0.1, 0.15) is 18.4 Å². The monoisotopic (exact) mass is 352 g/mol. The number of nitrogens with zero attached hydrogens (tertiary/aromatic N) is 5. The normalized spacial score (nSPS) is 10.5. The van der Waals surface area contributed by atoms with Crippen molar-refractivity contribution in [3.8, 4) is 17.3 Å². The molecule has 1 N–H and O–H groups in total. The van der Waals surface area contributed by atoms with Crippen molar-refractivity contribution in [1.82, 2.24) is 30.5 Å². The number of ether oxygens (including phenoxy) is 1. The van der Waals surface area contributed by atoms with Gasteiger partial charge in [0.2, 0.25) is 17.6 Å². The number of methoxy groups -OCH3 is 1. The Labute approximate surface area is 151 Å². The summed E-state index contributed by atoms with van der Waals surface area (Å²) in [7, 11) is 1.56. The number of pyridine rings is 1. The van der Waals surface area contributed by atoms with Gasteiger partial charge in [0.15, 0.2) is 0 Å². The molecule has 0 saturated heterocycles. The summed E-state index contributed by atoms with van der Waals surface area (Å²) >= 11 is 0. The Morgan fingerprint density at radius 1 is 1.19 bits per heavy atom. The van der Waals surface area contributed by atoms with E-state index in [4.69, 9.17) is 4.74 Å². The van der Waals surface area contributed by atoms with E-state index in [0.717, 1.165) is 11.1 Å². The van der Waals surface area contributed by atoms with E-state index in [0.29, 0.717) is 37.6 Å². The number of carbonyl (C=O) groups excluding carboxylic acids is 1. The summed E-state index contributed by atoms with van der Waals surface area (Å²) in [5, 5.41) is 15.3. The van der Waals surface area contributed by atoms with Crippen molar-refractivity contribution in [2.75, 3.05) is 7.11 Å². The van der Waals surface area contributed by atoms with Crippen LogP contribution in [0, 0.1) is 0 Å². The Bertz CT molecular complexity index is 850. The third-order valence-corrected chi connectivity index (χ3v) is 3.77. The third kappa shape index (κ3) is 4.62. The van der Waals surface area contributed by atoms with Gasteiger partial charge in [-0.1, -0.05) is 36.4 Å². The van der Waals surface area contributed by atoms with Crippen molar-refractivity contribution in [2.24, 2.45) is 0 Å². The Morgan fingerprint density at radius 3 is 2.85 bits per heavy atom. The molecule has 0 aliphatic heterocycles. The first kappa shape index (κ1) is 17.5. The molecule has 0 fully saturated rings. The van der Waals surface area contributed by atoms with Crippen LogP contribution in [-0.2, 0) is 17.9 Å². The molecule has 134 valence electrons. The highest BCUT2D eigenvalue weighted by atomic mass is 16.5. The molecule has 1 aromatic carbocycles. The number of aryl methyl sites for hydroxylation is 1. The van der Waals surface area contributed by atoms with Crippen LogP contribution in [0.3, 0.4) is 0 Å². The minimum atomic E-state index is -0.0423. The van der Waals surface area contributed by atoms with Crippen LogP contribution in [0.25, 0.3) is 11.4 Å². The van der Waals surface area contributed by atoms with Gasteiger partial charge < -0.3 is 10.1 Å². The van der Waals surface area contributed by atoms with Crippen LogP contribution in [0.4, 0.5) is 0 Å². The maximum Gasteiger partial charge on any atom is 0.220 e. The Kier molecular flexibility index (Phi) is 5.87. The molecule has 8 heteroatoms. The Balaban J connectivity index is 1.43. The van der Waals surface area contributed by atoms with Crippen molar-refractivity contribution in [2.45, 2.75) is 25.9 Å². The van der Waals surface area contributed by atoms with Crippen molar-refractivity contribution < 1.29 is 9.53 Å². The molecule has 1 amide bonds. The van der Waals surface area contributed by atoms with E-state index in [1.165, 1.54) is 4.80 Å². The number of rotatable bonds is 8. The smallest absolute Gasteiger partial charge is 0.220 e. The molecule has 2 heterocycles. The maximum absolute atomic E-state index is 12.0. The highest BCUT2D eigenvalue weighted by Gasteiger charge is 2.08. The highest BCUT2D eigenvalue weighted by Crippen LogP contribution is 2.13. The van der Waals surface area contributed by atoms with E-state index in [2.05, 4.69) is 25.7 Å². The molecule has 3 aromatic rings. The maximum atomic E-state index is 12.0. The number of amides is 1. The van der Waals surface area contributed by atoms with Gasteiger partial charge in [0, 0.05) is 30.3 Å². The number of aromatic nitrogens is 5. The van der Waals surface area contributed by atoms with Gasteiger partial charge >= 0.3 is 0 Å². The standard InChI is InChI=1S/C18H20N6O2/c1-26-18-15(9-5-11-19-18)13-20-16(25)10-6-12-24-22-17(21-23-24)14-7-3-2-4-8-14/h2-5,7-9,11H,6,10,12-13H2,1H3,(H,20,25). The van der Waals surface area contributed by atoms with Gasteiger partial charge in [0.05, 0.1) is 13.7 Å². The fraction of sp³-hybridized carbons (Fsp3) is 0.278. The molecule has 0 saturated carbocycles. The van der Waals surface area contributed by atoms with Gasteiger partial charge in [0.25, 0.3) is 0 Å². The van der Waals surface area contributed by atoms with Crippen molar-refractivity contribution >= 4 is 5.91 Å². The quantitative estimate of drug-likeness (QED) is 0.665. The molecule has 0 aliphatic carbocycles. The number of tetrazole rings is 1. The predicted molar refractivity (Wildman–Crippen MR) is 95.1 cm³/mol. The lowest BCUT2D eigenvalue weighted by Crippen LogP contribution is -2.23. The number of hydrogen-bond donors (Lipinski definition) is 1. The van der Waals surface area contributed by atoms with Gasteiger partial charge in [-0.15, -0.1) is 10.2 Å². The Hall–Kier alpha value is -3.29. The summed E-state index contributed by atoms with van der Waals surface area (Å²) in [4.78, 5) is 17.6. The van der Waals surface area contributed by atoms with E-state index in [1.54, 1.807) is 13.3 Å². The number of hydrogen-bond acceptors (Lipinski definition) is 6. The zero-order valence-corrected chi connectivity index (χ0v) is 14.5. The lowest BCUT2D eigenvalue weighted by Gasteiger charge is -2.08. The summed E-state index contributed by atoms with van der Waals surface area (Å²) in [5.41, 5.74) is 1.76. The summed E-state index contributed by atoms with van der Waals surface area (Å²) in [5.74, 6) is 1.06. The molecule has 0 atom stereocenters. The second kappa shape index (κ2) is 8.70. The fourth-order valence-corrected chi connectivity index (χ4v) is 2.45. The fourth-order valence-electron chi connectivity index (χ4n) is 2.45. The molecule has 0 aliphatic rings. The third-order valence-electron chi connectivity index (χ3n) is 3.77. The second-order valence-electron chi connectivity index (χ2n) is 5.63. The van der Waals surface area contributed by atoms with E-state index < -0.39 is 0 Å². The largest absolute Gasteiger partial charge is 0.481 e. The van der Waals surface area contributed by atoms with E-state index in [9.17, 15) is 4.79 Å². The van der Waals surface area contributed by atoms with E-state index in [1.807, 2.05) is 42.5 Å². The molecular weight excluding hydrogens is 332 g/mol. The van der Waals surface area contributed by atoms with Crippen molar-refractivity contribution in [1.29, 1.82) is 0 Å². The van der Waals surface area contributed by atoms with Gasteiger partial charge in [0.1, 0.15) is 0 Å². The molecule has 0 radical (unpaired) electrons. The first-order chi connectivity index (χ1) is 12.8. The van der Waals surface area contributed by atoms with Gasteiger partial charge in [-0.2, -0.15) is 4.80 Å². The lowest BCUT2D eigenvalue weighted by molar-refractivity contribution is -0.121. The molecule has 8 nitrogen and oxygen atoms in total. The molecule has 3 rings (SSSR count). The topological polar surface area (TPSA) is 94.8 Å². The molecule has 26 heavy (non-hydrogen) atoms. The average molecular weight is 352 g/mol. The van der Waals surface area contributed by atoms with Gasteiger partial charge in [-0.05, 0) is 17.7 Å². The zero-order valence-electron chi connectivity index (χ0n) is 14.5. The molecular formula is C18H20N6O2. The van der Waals surface area contributed by atoms with Crippen LogP contribution in [0.2, 0.25) is 0 Å².